The molecule has 0 aliphatic heterocycles. The van der Waals surface area contributed by atoms with Gasteiger partial charge in [0.05, 0.1) is 35.2 Å². The van der Waals surface area contributed by atoms with Gasteiger partial charge in [-0.1, -0.05) is 30.2 Å². The number of anilines is 1. The summed E-state index contributed by atoms with van der Waals surface area (Å²) in [6.45, 7) is 0.656. The fraction of sp³-hybridized carbons (Fsp3) is 0.333. The summed E-state index contributed by atoms with van der Waals surface area (Å²) in [4.78, 5) is 13.8. The summed E-state index contributed by atoms with van der Waals surface area (Å²) in [5, 5.41) is 28.6. The third-order valence-corrected chi connectivity index (χ3v) is 6.85. The highest BCUT2D eigenvalue weighted by molar-refractivity contribution is 7.22. The first-order chi connectivity index (χ1) is 15.7. The van der Waals surface area contributed by atoms with Crippen molar-refractivity contribution in [1.82, 2.24) is 40.1 Å². The van der Waals surface area contributed by atoms with Crippen LogP contribution < -0.4 is 5.32 Å². The van der Waals surface area contributed by atoms with E-state index in [1.165, 1.54) is 0 Å². The average molecular weight is 448 g/mol. The summed E-state index contributed by atoms with van der Waals surface area (Å²) < 4.78 is 3.14. The molecule has 0 amide bonds. The van der Waals surface area contributed by atoms with E-state index in [0.717, 1.165) is 63.3 Å². The summed E-state index contributed by atoms with van der Waals surface area (Å²) in [5.41, 5.74) is 4.46. The maximum Gasteiger partial charge on any atom is 0.206 e. The van der Waals surface area contributed by atoms with Crippen LogP contribution >= 0.6 is 11.3 Å². The molecule has 0 unspecified atom stereocenters. The van der Waals surface area contributed by atoms with Crippen LogP contribution in [0.2, 0.25) is 0 Å². The molecular formula is C21H21N9OS. The van der Waals surface area contributed by atoms with Gasteiger partial charge in [0.1, 0.15) is 5.52 Å². The Morgan fingerprint density at radius 1 is 1.16 bits per heavy atom. The zero-order valence-electron chi connectivity index (χ0n) is 17.1. The molecule has 0 saturated heterocycles. The number of nitrogens with zero attached hydrogens (tertiary/aromatic N) is 7. The van der Waals surface area contributed by atoms with E-state index in [1.54, 1.807) is 23.9 Å². The van der Waals surface area contributed by atoms with E-state index in [4.69, 9.17) is 4.98 Å². The molecule has 0 bridgehead atoms. The first kappa shape index (κ1) is 19.3. The fourth-order valence-corrected chi connectivity index (χ4v) is 5.23. The molecule has 1 aromatic carbocycles. The monoisotopic (exact) mass is 447 g/mol. The maximum atomic E-state index is 10.2. The Labute approximate surface area is 186 Å². The highest BCUT2D eigenvalue weighted by Crippen LogP contribution is 2.30. The molecule has 1 saturated carbocycles. The summed E-state index contributed by atoms with van der Waals surface area (Å²) in [5.74, 6) is 0.495. The fourth-order valence-electron chi connectivity index (χ4n) is 4.23. The Morgan fingerprint density at radius 2 is 2.09 bits per heavy atom. The van der Waals surface area contributed by atoms with Gasteiger partial charge in [0, 0.05) is 11.8 Å². The SMILES string of the molecule is O[C@@H]1CCCC[C@H]1Nc1nc2ccc(Cn3cnc4cc(-c5nn[nH]n5)cnc43)cc2s1. The van der Waals surface area contributed by atoms with Crippen molar-refractivity contribution in [2.75, 3.05) is 5.32 Å². The van der Waals surface area contributed by atoms with Gasteiger partial charge in [-0.05, 0) is 41.8 Å². The van der Waals surface area contributed by atoms with E-state index in [-0.39, 0.29) is 12.1 Å². The third-order valence-electron chi connectivity index (χ3n) is 5.90. The second kappa shape index (κ2) is 7.92. The topological polar surface area (TPSA) is 130 Å². The molecule has 11 heteroatoms. The molecule has 1 aliphatic rings. The van der Waals surface area contributed by atoms with E-state index in [2.05, 4.69) is 48.0 Å². The van der Waals surface area contributed by atoms with E-state index in [1.807, 2.05) is 16.7 Å². The Balaban J connectivity index is 1.23. The lowest BCUT2D eigenvalue weighted by molar-refractivity contribution is 0.116. The van der Waals surface area contributed by atoms with Crippen molar-refractivity contribution < 1.29 is 5.11 Å². The van der Waals surface area contributed by atoms with Gasteiger partial charge in [-0.15, -0.1) is 10.2 Å². The van der Waals surface area contributed by atoms with Crippen LogP contribution in [0.4, 0.5) is 5.13 Å². The van der Waals surface area contributed by atoms with Crippen molar-refractivity contribution in [3.63, 3.8) is 0 Å². The Morgan fingerprint density at radius 3 is 2.97 bits per heavy atom. The van der Waals surface area contributed by atoms with E-state index in [9.17, 15) is 5.11 Å². The molecule has 1 aliphatic carbocycles. The highest BCUT2D eigenvalue weighted by atomic mass is 32.1. The lowest BCUT2D eigenvalue weighted by atomic mass is 9.93. The van der Waals surface area contributed by atoms with Crippen LogP contribution in [0.15, 0.2) is 36.8 Å². The second-order valence-corrected chi connectivity index (χ2v) is 9.13. The number of H-pyrrole nitrogens is 1. The quantitative estimate of drug-likeness (QED) is 0.375. The van der Waals surface area contributed by atoms with Crippen LogP contribution in [0.1, 0.15) is 31.2 Å². The molecule has 32 heavy (non-hydrogen) atoms. The van der Waals surface area contributed by atoms with Crippen molar-refractivity contribution >= 4 is 37.8 Å². The molecule has 0 spiro atoms. The number of hydrogen-bond donors (Lipinski definition) is 3. The van der Waals surface area contributed by atoms with Crippen LogP contribution in [0.25, 0.3) is 32.8 Å². The molecule has 10 nitrogen and oxygen atoms in total. The van der Waals surface area contributed by atoms with E-state index >= 15 is 0 Å². The number of hydrogen-bond acceptors (Lipinski definition) is 9. The van der Waals surface area contributed by atoms with Crippen molar-refractivity contribution in [3.8, 4) is 11.4 Å². The summed E-state index contributed by atoms with van der Waals surface area (Å²) in [6, 6.07) is 8.29. The van der Waals surface area contributed by atoms with Crippen LogP contribution in [0.3, 0.4) is 0 Å². The number of aliphatic hydroxyl groups excluding tert-OH is 1. The van der Waals surface area contributed by atoms with Gasteiger partial charge < -0.3 is 15.0 Å². The first-order valence-electron chi connectivity index (χ1n) is 10.6. The van der Waals surface area contributed by atoms with Gasteiger partial charge >= 0.3 is 0 Å². The number of pyridine rings is 1. The minimum absolute atomic E-state index is 0.0875. The van der Waals surface area contributed by atoms with Gasteiger partial charge in [0.15, 0.2) is 10.8 Å². The molecule has 0 radical (unpaired) electrons. The van der Waals surface area contributed by atoms with Gasteiger partial charge in [-0.2, -0.15) is 5.21 Å². The van der Waals surface area contributed by atoms with Gasteiger partial charge in [-0.3, -0.25) is 0 Å². The first-order valence-corrected chi connectivity index (χ1v) is 11.4. The van der Waals surface area contributed by atoms with Gasteiger partial charge in [0.25, 0.3) is 0 Å². The van der Waals surface area contributed by atoms with Crippen molar-refractivity contribution in [1.29, 1.82) is 0 Å². The lowest BCUT2D eigenvalue weighted by Gasteiger charge is -2.27. The number of nitrogens with one attached hydrogen (secondary N) is 2. The molecule has 2 atom stereocenters. The van der Waals surface area contributed by atoms with E-state index < -0.39 is 0 Å². The van der Waals surface area contributed by atoms with Crippen LogP contribution in [0.5, 0.6) is 0 Å². The summed E-state index contributed by atoms with van der Waals surface area (Å²) >= 11 is 1.63. The number of benzene rings is 1. The maximum absolute atomic E-state index is 10.2. The van der Waals surface area contributed by atoms with Gasteiger partial charge in [0.2, 0.25) is 5.82 Å². The molecule has 1 fully saturated rings. The highest BCUT2D eigenvalue weighted by Gasteiger charge is 2.23. The zero-order valence-corrected chi connectivity index (χ0v) is 18.0. The Hall–Kier alpha value is -3.44. The standard InChI is InChI=1S/C21H21N9OS/c31-17-4-2-1-3-14(17)24-21-25-15-6-5-12(7-18(15)32-21)10-30-11-23-16-8-13(9-22-20(16)30)19-26-28-29-27-19/h5-9,11,14,17,31H,1-4,10H2,(H,24,25)(H,26,27,28,29)/t14-,17-/m1/s1. The predicted octanol–water partition coefficient (Wildman–Crippen LogP) is 2.98. The van der Waals surface area contributed by atoms with Gasteiger partial charge in [-0.25, -0.2) is 15.0 Å². The molecule has 162 valence electrons. The van der Waals surface area contributed by atoms with Crippen molar-refractivity contribution in [2.45, 2.75) is 44.4 Å². The zero-order chi connectivity index (χ0) is 21.5. The van der Waals surface area contributed by atoms with Crippen molar-refractivity contribution in [3.05, 3.63) is 42.4 Å². The van der Waals surface area contributed by atoms with Crippen LogP contribution in [-0.2, 0) is 6.54 Å². The molecule has 4 aromatic heterocycles. The third kappa shape index (κ3) is 3.59. The number of fused-ring (bicyclic) bond motifs is 2. The largest absolute Gasteiger partial charge is 0.391 e. The number of tetrazole rings is 1. The second-order valence-electron chi connectivity index (χ2n) is 8.10. The minimum atomic E-state index is -0.297. The molecular weight excluding hydrogens is 426 g/mol. The minimum Gasteiger partial charge on any atom is -0.391 e. The number of aromatic nitrogens is 8. The number of aliphatic hydroxyl groups is 1. The van der Waals surface area contributed by atoms with Crippen molar-refractivity contribution in [2.24, 2.45) is 0 Å². The van der Waals surface area contributed by atoms with E-state index in [0.29, 0.717) is 12.4 Å². The average Bonchev–Trinajstić information content (AvgIpc) is 3.55. The Kier molecular flexibility index (Phi) is 4.76. The smallest absolute Gasteiger partial charge is 0.206 e. The Bertz CT molecular complexity index is 1380. The molecule has 5 aromatic rings. The summed E-state index contributed by atoms with van der Waals surface area (Å²) in [6.07, 6.45) is 7.31. The number of aromatic amines is 1. The molecule has 4 heterocycles. The molecule has 3 N–H and O–H groups in total. The normalized spacial score (nSPS) is 19.0. The number of thiazole rings is 1. The lowest BCUT2D eigenvalue weighted by Crippen LogP contribution is -2.36. The number of imidazole rings is 1. The predicted molar refractivity (Wildman–Crippen MR) is 121 cm³/mol. The van der Waals surface area contributed by atoms with Crippen LogP contribution in [0, 0.1) is 0 Å². The van der Waals surface area contributed by atoms with Crippen LogP contribution in [-0.4, -0.2) is 57.4 Å². The summed E-state index contributed by atoms with van der Waals surface area (Å²) in [7, 11) is 0. The number of rotatable bonds is 5. The molecule has 6 rings (SSSR count).